The van der Waals surface area contributed by atoms with Crippen LogP contribution < -0.4 is 88.7 Å². The van der Waals surface area contributed by atoms with Crippen LogP contribution in [0.3, 0.4) is 0 Å². The fourth-order valence-electron chi connectivity index (χ4n) is 4.58. The molecule has 0 aromatic carbocycles. The van der Waals surface area contributed by atoms with Crippen LogP contribution in [0.1, 0.15) is 90.9 Å². The molecule has 0 heterocycles. The number of ether oxygens (including phenoxy) is 2. The van der Waals surface area contributed by atoms with Crippen molar-refractivity contribution in [3.05, 3.63) is 0 Å². The van der Waals surface area contributed by atoms with Crippen LogP contribution in [0.2, 0.25) is 0 Å². The topological polar surface area (TPSA) is 303 Å². The minimum absolute atomic E-state index is 0. The molecule has 1 saturated carbocycles. The number of aliphatic hydroxyl groups excluding tert-OH is 3. The Kier molecular flexibility index (Phi) is 32.2. The van der Waals surface area contributed by atoms with Gasteiger partial charge in [0.2, 0.25) is 0 Å². The van der Waals surface area contributed by atoms with Gasteiger partial charge in [0.25, 0.3) is 0 Å². The Morgan fingerprint density at radius 2 is 1.00 bits per heavy atom. The van der Waals surface area contributed by atoms with Gasteiger partial charge in [0.05, 0.1) is 6.61 Å². The van der Waals surface area contributed by atoms with E-state index in [1.54, 1.807) is 0 Å². The molecular weight excluding hydrogens is 766 g/mol. The second-order valence-corrected chi connectivity index (χ2v) is 14.8. The fourth-order valence-corrected chi connectivity index (χ4v) is 6.68. The largest absolute Gasteiger partial charge is 1.00 e. The quantitative estimate of drug-likeness (QED) is 0.0194. The van der Waals surface area contributed by atoms with Crippen molar-refractivity contribution < 1.29 is 179 Å². The minimum Gasteiger partial charge on any atom is -0.462 e. The van der Waals surface area contributed by atoms with Gasteiger partial charge in [0.1, 0.15) is 43.2 Å². The molecule has 50 heavy (non-hydrogen) atoms. The van der Waals surface area contributed by atoms with Crippen molar-refractivity contribution in [1.29, 1.82) is 0 Å². The number of hydrogen-bond acceptors (Lipinski definition) is 14. The van der Waals surface area contributed by atoms with Gasteiger partial charge in [-0.05, 0) is 12.8 Å². The van der Waals surface area contributed by atoms with Crippen molar-refractivity contribution in [3.63, 3.8) is 0 Å². The van der Waals surface area contributed by atoms with Crippen LogP contribution in [-0.4, -0.2) is 108 Å². The summed E-state index contributed by atoms with van der Waals surface area (Å²) in [7, 11) is -16.5. The molecule has 19 nitrogen and oxygen atoms in total. The van der Waals surface area contributed by atoms with Crippen LogP contribution in [0.25, 0.3) is 0 Å². The van der Waals surface area contributed by atoms with Crippen LogP contribution in [0, 0.1) is 0 Å². The third-order valence-corrected chi connectivity index (χ3v) is 8.94. The molecule has 25 heteroatoms. The average molecular weight is 816 g/mol. The predicted octanol–water partition coefficient (Wildman–Crippen LogP) is -7.27. The van der Waals surface area contributed by atoms with Gasteiger partial charge < -0.3 is 49.3 Å². The van der Waals surface area contributed by atoms with E-state index in [0.717, 1.165) is 51.4 Å². The summed E-state index contributed by atoms with van der Waals surface area (Å²) < 4.78 is 64.2. The van der Waals surface area contributed by atoms with Crippen LogP contribution in [-0.2, 0) is 50.9 Å². The second kappa shape index (κ2) is 28.5. The van der Waals surface area contributed by atoms with Crippen molar-refractivity contribution in [1.82, 2.24) is 0 Å². The smallest absolute Gasteiger partial charge is 0.462 e. The van der Waals surface area contributed by atoms with Gasteiger partial charge in [-0.3, -0.25) is 27.7 Å². The number of phosphoric acid groups is 3. The molecule has 0 aromatic rings. The Hall–Kier alpha value is 2.15. The Bertz CT molecular complexity index is 1100. The zero-order valence-corrected chi connectivity index (χ0v) is 38.0. The van der Waals surface area contributed by atoms with Crippen molar-refractivity contribution in [3.8, 4) is 0 Å². The van der Waals surface area contributed by atoms with E-state index in [4.69, 9.17) is 28.3 Å². The van der Waals surface area contributed by atoms with Crippen LogP contribution in [0.15, 0.2) is 0 Å². The molecule has 0 radical (unpaired) electrons. The molecule has 0 aromatic heterocycles. The van der Waals surface area contributed by atoms with Crippen molar-refractivity contribution in [2.24, 2.45) is 0 Å². The maximum absolute atomic E-state index is 12.8. The average Bonchev–Trinajstić information content (AvgIpc) is 2.96. The Morgan fingerprint density at radius 3 is 1.46 bits per heavy atom. The molecule has 0 bridgehead atoms. The molecule has 0 aliphatic heterocycles. The third-order valence-electron chi connectivity index (χ3n) is 6.91. The maximum Gasteiger partial charge on any atom is 1.00 e. The first-order chi connectivity index (χ1) is 21.8. The number of aliphatic hydroxyl groups is 3. The van der Waals surface area contributed by atoms with E-state index >= 15 is 0 Å². The van der Waals surface area contributed by atoms with E-state index < -0.39 is 91.3 Å². The second-order valence-electron chi connectivity index (χ2n) is 11.1. The number of carbonyl (C=O) groups is 2. The van der Waals surface area contributed by atoms with Crippen LogP contribution in [0.4, 0.5) is 0 Å². The van der Waals surface area contributed by atoms with Gasteiger partial charge in [0.15, 0.2) is 6.10 Å². The number of carbonyl (C=O) groups excluding carboxylic acids is 2. The van der Waals surface area contributed by atoms with E-state index in [2.05, 4.69) is 9.05 Å². The van der Waals surface area contributed by atoms with E-state index in [1.165, 1.54) is 0 Å². The van der Waals surface area contributed by atoms with Crippen LogP contribution >= 0.6 is 23.5 Å². The van der Waals surface area contributed by atoms with Gasteiger partial charge in [-0.1, -0.05) is 65.2 Å². The summed E-state index contributed by atoms with van der Waals surface area (Å²) in [5.41, 5.74) is 0. The van der Waals surface area contributed by atoms with E-state index in [1.807, 2.05) is 13.8 Å². The fraction of sp³-hybridized carbons (Fsp3) is 0.920. The number of esters is 2. The van der Waals surface area contributed by atoms with Crippen molar-refractivity contribution in [2.45, 2.75) is 134 Å². The normalized spacial score (nSPS) is 24.0. The van der Waals surface area contributed by atoms with Crippen LogP contribution in [0.5, 0.6) is 0 Å². The molecule has 1 fully saturated rings. The Labute approximate surface area is 358 Å². The first kappa shape index (κ1) is 56.5. The van der Waals surface area contributed by atoms with Crippen molar-refractivity contribution >= 4 is 35.4 Å². The number of hydrogen-bond donors (Lipinski definition) is 8. The minimum atomic E-state index is -5.57. The molecule has 1 rings (SSSR count). The Balaban J connectivity index is -0.00000736. The molecule has 1 aliphatic rings. The summed E-state index contributed by atoms with van der Waals surface area (Å²) in [5, 5.41) is 31.4. The predicted molar refractivity (Wildman–Crippen MR) is 160 cm³/mol. The summed E-state index contributed by atoms with van der Waals surface area (Å²) >= 11 is 0. The monoisotopic (exact) mass is 815 g/mol. The summed E-state index contributed by atoms with van der Waals surface area (Å²) in [4.78, 5) is 71.6. The zero-order valence-electron chi connectivity index (χ0n) is 29.4. The molecule has 0 amide bonds. The summed E-state index contributed by atoms with van der Waals surface area (Å²) in [5.74, 6) is -1.33. The summed E-state index contributed by atoms with van der Waals surface area (Å²) in [6, 6.07) is 0. The molecule has 8 atom stereocenters. The Morgan fingerprint density at radius 1 is 0.580 bits per heavy atom. The molecule has 278 valence electrons. The number of phosphoric ester groups is 3. The molecule has 8 N–H and O–H groups in total. The standard InChI is InChI=1S/C25H49O19P3.3Na/c1-3-5-7-9-11-13-18(26)39-15-17(41-19(27)14-12-10-8-6-4-2)16-40-47(37,38)44-23-20(28)21(29)24(42-45(31,32)33)25(22(23)30)43-46(34,35)36;;;/h17,20-25,28-30H,3-16H2,1-2H3,(H,37,38)(H2,31,32,33)(H2,34,35,36);;;/q;3*+1/t17-,20-,21+,22+,23-,24-,25-;;;/m0.../s1. The molecule has 0 saturated heterocycles. The van der Waals surface area contributed by atoms with Gasteiger partial charge in [0, 0.05) is 12.8 Å². The summed E-state index contributed by atoms with van der Waals surface area (Å²) in [6.45, 7) is 2.59. The van der Waals surface area contributed by atoms with Gasteiger partial charge in [-0.15, -0.1) is 0 Å². The van der Waals surface area contributed by atoms with E-state index in [-0.39, 0.29) is 102 Å². The first-order valence-corrected chi connectivity index (χ1v) is 19.9. The molecule has 1 unspecified atom stereocenters. The maximum atomic E-state index is 12.8. The van der Waals surface area contributed by atoms with Gasteiger partial charge in [-0.2, -0.15) is 0 Å². The van der Waals surface area contributed by atoms with Crippen molar-refractivity contribution in [2.75, 3.05) is 13.2 Å². The number of rotatable bonds is 24. The zero-order chi connectivity index (χ0) is 35.8. The molecule has 1 aliphatic carbocycles. The number of unbranched alkanes of at least 4 members (excludes halogenated alkanes) is 8. The van der Waals surface area contributed by atoms with E-state index in [0.29, 0.717) is 12.8 Å². The van der Waals surface area contributed by atoms with Gasteiger partial charge in [-0.25, -0.2) is 13.7 Å². The summed E-state index contributed by atoms with van der Waals surface area (Å²) in [6.07, 6.45) is -7.79. The molecule has 0 spiro atoms. The SMILES string of the molecule is CCCCCCCC(=O)OC[C@@H](COP(=O)(O)O[C@@H]1[C@@H](O)[C@H](OP(=O)(O)O)[C@@H](OP(=O)(O)O)[C@H](O)[C@@H]1O)OC(=O)CCCCCCC.[Na+].[Na+].[Na+]. The first-order valence-electron chi connectivity index (χ1n) is 15.3. The molecular formula is C25H49Na3O19P3+3. The third kappa shape index (κ3) is 24.6. The van der Waals surface area contributed by atoms with E-state index in [9.17, 15) is 53.3 Å². The van der Waals surface area contributed by atoms with Gasteiger partial charge >= 0.3 is 124 Å².